The Kier molecular flexibility index (Phi) is 3.22. The molecular formula is C8H10N2O4. The molecule has 0 fully saturated rings. The molecule has 2 N–H and O–H groups in total. The van der Waals surface area contributed by atoms with Crippen LogP contribution in [0.15, 0.2) is 10.7 Å². The normalized spacial score (nSPS) is 9.79. The fourth-order valence-corrected chi connectivity index (χ4v) is 0.955. The average Bonchev–Trinajstić information content (AvgIpc) is 2.61. The summed E-state index contributed by atoms with van der Waals surface area (Å²) < 4.78 is 4.78. The Morgan fingerprint density at radius 1 is 1.64 bits per heavy atom. The van der Waals surface area contributed by atoms with Gasteiger partial charge >= 0.3 is 5.97 Å². The quantitative estimate of drug-likeness (QED) is 0.713. The predicted octanol–water partition coefficient (Wildman–Crippen LogP) is 0.0514. The first-order valence-corrected chi connectivity index (χ1v) is 4.08. The zero-order valence-electron chi connectivity index (χ0n) is 7.61. The fraction of sp³-hybridized carbons (Fsp3) is 0.375. The van der Waals surface area contributed by atoms with Crippen LogP contribution in [0.1, 0.15) is 23.0 Å². The van der Waals surface area contributed by atoms with E-state index in [1.165, 1.54) is 6.20 Å². The van der Waals surface area contributed by atoms with Crippen molar-refractivity contribution in [3.05, 3.63) is 17.5 Å². The summed E-state index contributed by atoms with van der Waals surface area (Å²) >= 11 is 0. The van der Waals surface area contributed by atoms with Gasteiger partial charge in [0.05, 0.1) is 6.20 Å². The van der Waals surface area contributed by atoms with Gasteiger partial charge in [0.15, 0.2) is 0 Å². The summed E-state index contributed by atoms with van der Waals surface area (Å²) in [6, 6.07) is 0. The molecule has 1 aromatic heterocycles. The van der Waals surface area contributed by atoms with E-state index in [-0.39, 0.29) is 5.56 Å². The Morgan fingerprint density at radius 2 is 2.36 bits per heavy atom. The molecule has 0 aromatic carbocycles. The van der Waals surface area contributed by atoms with E-state index in [4.69, 9.17) is 9.63 Å². The highest BCUT2D eigenvalue weighted by Gasteiger charge is 2.14. The van der Waals surface area contributed by atoms with Crippen molar-refractivity contribution in [1.29, 1.82) is 0 Å². The number of carbonyl (C=O) groups is 2. The Balaban J connectivity index is 2.64. The third kappa shape index (κ3) is 2.32. The van der Waals surface area contributed by atoms with Crippen LogP contribution in [0.3, 0.4) is 0 Å². The Hall–Kier alpha value is -1.85. The first-order valence-electron chi connectivity index (χ1n) is 4.08. The van der Waals surface area contributed by atoms with Crippen LogP contribution in [0, 0.1) is 0 Å². The fourth-order valence-electron chi connectivity index (χ4n) is 0.955. The van der Waals surface area contributed by atoms with Gasteiger partial charge in [0.2, 0.25) is 0 Å². The minimum atomic E-state index is -1.09. The largest absolute Gasteiger partial charge is 0.480 e. The highest BCUT2D eigenvalue weighted by Crippen LogP contribution is 2.07. The van der Waals surface area contributed by atoms with E-state index in [2.05, 4.69) is 10.5 Å². The van der Waals surface area contributed by atoms with E-state index in [0.29, 0.717) is 12.2 Å². The summed E-state index contributed by atoms with van der Waals surface area (Å²) in [6.45, 7) is 1.40. The molecule has 76 valence electrons. The zero-order valence-corrected chi connectivity index (χ0v) is 7.61. The molecule has 0 saturated carbocycles. The van der Waals surface area contributed by atoms with Crippen molar-refractivity contribution in [3.63, 3.8) is 0 Å². The second-order valence-corrected chi connectivity index (χ2v) is 2.59. The number of aryl methyl sites for hydroxylation is 1. The highest BCUT2D eigenvalue weighted by atomic mass is 16.5. The van der Waals surface area contributed by atoms with Crippen LogP contribution < -0.4 is 5.32 Å². The van der Waals surface area contributed by atoms with E-state index >= 15 is 0 Å². The standard InChI is InChI=1S/C8H10N2O4/c1-2-6-5(3-10-14-6)8(13)9-4-7(11)12/h3H,2,4H2,1H3,(H,9,13)(H,11,12). The van der Waals surface area contributed by atoms with Gasteiger partial charge in [0.25, 0.3) is 5.91 Å². The monoisotopic (exact) mass is 198 g/mol. The Labute approximate surface area is 79.9 Å². The maximum atomic E-state index is 11.3. The molecule has 6 heteroatoms. The predicted molar refractivity (Wildman–Crippen MR) is 45.9 cm³/mol. The molecule has 1 rings (SSSR count). The van der Waals surface area contributed by atoms with E-state index in [1.54, 1.807) is 0 Å². The van der Waals surface area contributed by atoms with Crippen LogP contribution in [0.25, 0.3) is 0 Å². The number of nitrogens with one attached hydrogen (secondary N) is 1. The number of nitrogens with zero attached hydrogens (tertiary/aromatic N) is 1. The summed E-state index contributed by atoms with van der Waals surface area (Å²) in [5.41, 5.74) is 0.286. The van der Waals surface area contributed by atoms with Crippen LogP contribution in [-0.2, 0) is 11.2 Å². The lowest BCUT2D eigenvalue weighted by Crippen LogP contribution is -2.29. The van der Waals surface area contributed by atoms with Gasteiger partial charge in [-0.1, -0.05) is 12.1 Å². The van der Waals surface area contributed by atoms with Crippen molar-refractivity contribution < 1.29 is 19.2 Å². The number of rotatable bonds is 4. The maximum absolute atomic E-state index is 11.3. The molecular weight excluding hydrogens is 188 g/mol. The summed E-state index contributed by atoms with van der Waals surface area (Å²) in [7, 11) is 0. The van der Waals surface area contributed by atoms with Crippen molar-refractivity contribution in [2.24, 2.45) is 0 Å². The van der Waals surface area contributed by atoms with Gasteiger partial charge in [-0.15, -0.1) is 0 Å². The molecule has 0 unspecified atom stereocenters. The van der Waals surface area contributed by atoms with Gasteiger partial charge in [-0.05, 0) is 0 Å². The van der Waals surface area contributed by atoms with Crippen molar-refractivity contribution in [2.45, 2.75) is 13.3 Å². The summed E-state index contributed by atoms with van der Waals surface area (Å²) in [5, 5.41) is 14.0. The first-order chi connectivity index (χ1) is 6.65. The Bertz CT molecular complexity index is 345. The van der Waals surface area contributed by atoms with Crippen molar-refractivity contribution in [1.82, 2.24) is 10.5 Å². The van der Waals surface area contributed by atoms with Crippen molar-refractivity contribution in [3.8, 4) is 0 Å². The minimum Gasteiger partial charge on any atom is -0.480 e. The molecule has 6 nitrogen and oxygen atoms in total. The SMILES string of the molecule is CCc1oncc1C(=O)NCC(=O)O. The van der Waals surface area contributed by atoms with E-state index in [1.807, 2.05) is 6.92 Å². The molecule has 0 radical (unpaired) electrons. The number of hydrogen-bond acceptors (Lipinski definition) is 4. The van der Waals surface area contributed by atoms with Crippen LogP contribution in [0.5, 0.6) is 0 Å². The van der Waals surface area contributed by atoms with Gasteiger partial charge < -0.3 is 14.9 Å². The number of aliphatic carboxylic acids is 1. The lowest BCUT2D eigenvalue weighted by Gasteiger charge is -1.99. The number of aromatic nitrogens is 1. The second-order valence-electron chi connectivity index (χ2n) is 2.59. The summed E-state index contributed by atoms with van der Waals surface area (Å²) in [5.74, 6) is -1.12. The van der Waals surface area contributed by atoms with Crippen LogP contribution in [0.2, 0.25) is 0 Å². The summed E-state index contributed by atoms with van der Waals surface area (Å²) in [6.07, 6.45) is 1.81. The maximum Gasteiger partial charge on any atom is 0.322 e. The number of carboxylic acid groups (broad SMARTS) is 1. The van der Waals surface area contributed by atoms with Gasteiger partial charge in [0.1, 0.15) is 17.9 Å². The van der Waals surface area contributed by atoms with E-state index in [9.17, 15) is 9.59 Å². The lowest BCUT2D eigenvalue weighted by atomic mass is 10.2. The summed E-state index contributed by atoms with van der Waals surface area (Å²) in [4.78, 5) is 21.5. The molecule has 0 aliphatic rings. The molecule has 1 aromatic rings. The molecule has 1 heterocycles. The first kappa shape index (κ1) is 10.2. The number of hydrogen-bond donors (Lipinski definition) is 2. The number of carboxylic acids is 1. The van der Waals surface area contributed by atoms with E-state index in [0.717, 1.165) is 0 Å². The topological polar surface area (TPSA) is 92.4 Å². The number of carbonyl (C=O) groups excluding carboxylic acids is 1. The van der Waals surface area contributed by atoms with E-state index < -0.39 is 18.4 Å². The zero-order chi connectivity index (χ0) is 10.6. The van der Waals surface area contributed by atoms with Crippen LogP contribution in [0.4, 0.5) is 0 Å². The molecule has 0 atom stereocenters. The van der Waals surface area contributed by atoms with Gasteiger partial charge in [0, 0.05) is 6.42 Å². The van der Waals surface area contributed by atoms with Crippen LogP contribution in [-0.4, -0.2) is 28.7 Å². The smallest absolute Gasteiger partial charge is 0.322 e. The molecule has 0 saturated heterocycles. The van der Waals surface area contributed by atoms with Crippen LogP contribution >= 0.6 is 0 Å². The van der Waals surface area contributed by atoms with Gasteiger partial charge in [-0.3, -0.25) is 9.59 Å². The molecule has 1 amide bonds. The third-order valence-electron chi connectivity index (χ3n) is 1.61. The molecule has 0 aliphatic carbocycles. The molecule has 14 heavy (non-hydrogen) atoms. The minimum absolute atomic E-state index is 0.286. The van der Waals surface area contributed by atoms with Gasteiger partial charge in [-0.25, -0.2) is 0 Å². The highest BCUT2D eigenvalue weighted by molar-refractivity contribution is 5.96. The molecule has 0 spiro atoms. The molecule has 0 bridgehead atoms. The lowest BCUT2D eigenvalue weighted by molar-refractivity contribution is -0.135. The second kappa shape index (κ2) is 4.40. The Morgan fingerprint density at radius 3 is 2.93 bits per heavy atom. The van der Waals surface area contributed by atoms with Crippen molar-refractivity contribution >= 4 is 11.9 Å². The molecule has 0 aliphatic heterocycles. The average molecular weight is 198 g/mol. The number of amides is 1. The third-order valence-corrected chi connectivity index (χ3v) is 1.61. The van der Waals surface area contributed by atoms with Gasteiger partial charge in [-0.2, -0.15) is 0 Å². The van der Waals surface area contributed by atoms with Crippen molar-refractivity contribution in [2.75, 3.05) is 6.54 Å².